The maximum absolute atomic E-state index is 11.1. The van der Waals surface area contributed by atoms with Crippen LogP contribution in [0.2, 0.25) is 0 Å². The number of benzene rings is 2. The second kappa shape index (κ2) is 6.60. The van der Waals surface area contributed by atoms with E-state index in [0.717, 1.165) is 0 Å². The SMILES string of the molecule is O=C1NS(=O)(=O)c2ccccc21.O=C1NS(=O)(=O)c2ccccc21.[Mn]. The number of hydrogen-bond donors (Lipinski definition) is 2. The smallest absolute Gasteiger partial charge is 0.266 e. The molecule has 0 saturated carbocycles. The van der Waals surface area contributed by atoms with Gasteiger partial charge in [0.15, 0.2) is 0 Å². The van der Waals surface area contributed by atoms with Crippen LogP contribution < -0.4 is 9.44 Å². The zero-order chi connectivity index (χ0) is 17.5. The largest absolute Gasteiger partial charge is 0.268 e. The summed E-state index contributed by atoms with van der Waals surface area (Å²) in [7, 11) is -7.11. The minimum Gasteiger partial charge on any atom is -0.268 e. The number of sulfonamides is 2. The van der Waals surface area contributed by atoms with Gasteiger partial charge in [-0.1, -0.05) is 24.3 Å². The average Bonchev–Trinajstić information content (AvgIpc) is 2.91. The van der Waals surface area contributed by atoms with Gasteiger partial charge in [-0.15, -0.1) is 0 Å². The van der Waals surface area contributed by atoms with Crippen molar-refractivity contribution in [3.8, 4) is 0 Å². The third-order valence-electron chi connectivity index (χ3n) is 3.30. The molecule has 1 radical (unpaired) electrons. The molecule has 0 bridgehead atoms. The van der Waals surface area contributed by atoms with Gasteiger partial charge in [-0.05, 0) is 24.3 Å². The molecule has 2 aliphatic heterocycles. The normalized spacial score (nSPS) is 17.8. The maximum Gasteiger partial charge on any atom is 0.266 e. The Morgan fingerprint density at radius 1 is 0.600 bits per heavy atom. The van der Waals surface area contributed by atoms with Crippen LogP contribution in [0.1, 0.15) is 20.7 Å². The Kier molecular flexibility index (Phi) is 5.05. The molecule has 2 aromatic carbocycles. The Morgan fingerprint density at radius 2 is 0.920 bits per heavy atom. The monoisotopic (exact) mass is 421 g/mol. The first kappa shape index (κ1) is 19.1. The zero-order valence-corrected chi connectivity index (χ0v) is 15.1. The first-order valence-electron chi connectivity index (χ1n) is 6.55. The van der Waals surface area contributed by atoms with E-state index in [0.29, 0.717) is 0 Å². The molecule has 2 aromatic rings. The molecule has 2 aliphatic rings. The quantitative estimate of drug-likeness (QED) is 0.587. The second-order valence-corrected chi connectivity index (χ2v) is 8.16. The number of fused-ring (bicyclic) bond motifs is 2. The van der Waals surface area contributed by atoms with Crippen LogP contribution in [-0.4, -0.2) is 28.6 Å². The molecule has 4 rings (SSSR count). The summed E-state index contributed by atoms with van der Waals surface area (Å²) in [6, 6.07) is 12.2. The summed E-state index contributed by atoms with van der Waals surface area (Å²) < 4.78 is 48.3. The fourth-order valence-electron chi connectivity index (χ4n) is 2.24. The van der Waals surface area contributed by atoms with Crippen LogP contribution in [0.4, 0.5) is 0 Å². The van der Waals surface area contributed by atoms with Gasteiger partial charge in [0.1, 0.15) is 9.79 Å². The van der Waals surface area contributed by atoms with Crippen molar-refractivity contribution in [1.82, 2.24) is 9.44 Å². The van der Waals surface area contributed by atoms with Crippen LogP contribution in [0.15, 0.2) is 58.3 Å². The van der Waals surface area contributed by atoms with E-state index in [1.165, 1.54) is 24.3 Å². The molecule has 2 heterocycles. The van der Waals surface area contributed by atoms with E-state index in [2.05, 4.69) is 0 Å². The zero-order valence-electron chi connectivity index (χ0n) is 12.3. The summed E-state index contributed by atoms with van der Waals surface area (Å²) >= 11 is 0. The maximum atomic E-state index is 11.1. The van der Waals surface area contributed by atoms with E-state index in [1.54, 1.807) is 24.3 Å². The molecule has 8 nitrogen and oxygen atoms in total. The van der Waals surface area contributed by atoms with Crippen LogP contribution >= 0.6 is 0 Å². The number of nitrogens with one attached hydrogen (secondary N) is 2. The molecule has 131 valence electrons. The van der Waals surface area contributed by atoms with Gasteiger partial charge in [-0.25, -0.2) is 26.3 Å². The Hall–Kier alpha value is -2.20. The second-order valence-electron chi connectivity index (χ2n) is 4.86. The predicted octanol–water partition coefficient (Wildman–Crippen LogP) is 0.235. The van der Waals surface area contributed by atoms with E-state index in [4.69, 9.17) is 0 Å². The van der Waals surface area contributed by atoms with E-state index < -0.39 is 31.9 Å². The topological polar surface area (TPSA) is 126 Å². The molecule has 0 aromatic heterocycles. The van der Waals surface area contributed by atoms with Crippen LogP contribution in [-0.2, 0) is 37.1 Å². The van der Waals surface area contributed by atoms with E-state index in [9.17, 15) is 26.4 Å². The molecular formula is C14H10MnN2O6S2. The summed E-state index contributed by atoms with van der Waals surface area (Å²) in [6.07, 6.45) is 0. The number of hydrogen-bond acceptors (Lipinski definition) is 6. The standard InChI is InChI=1S/2C7H5NO3S.Mn/c2*9-7-5-3-1-2-4-6(5)12(10,11)8-7;/h2*1-4H,(H,8,9);. The Labute approximate surface area is 154 Å². The molecule has 2 N–H and O–H groups in total. The first-order chi connectivity index (χ1) is 11.2. The Morgan fingerprint density at radius 3 is 1.24 bits per heavy atom. The molecule has 2 amide bonds. The summed E-state index contributed by atoms with van der Waals surface area (Å²) in [6.45, 7) is 0. The van der Waals surface area contributed by atoms with Crippen molar-refractivity contribution in [2.75, 3.05) is 0 Å². The molecule has 0 aliphatic carbocycles. The van der Waals surface area contributed by atoms with Crippen molar-refractivity contribution in [3.05, 3.63) is 59.7 Å². The molecule has 0 saturated heterocycles. The molecule has 11 heteroatoms. The van der Waals surface area contributed by atoms with Gasteiger partial charge in [0.2, 0.25) is 0 Å². The molecule has 0 atom stereocenters. The van der Waals surface area contributed by atoms with Gasteiger partial charge < -0.3 is 0 Å². The molecular weight excluding hydrogens is 411 g/mol. The van der Waals surface area contributed by atoms with Crippen molar-refractivity contribution in [2.24, 2.45) is 0 Å². The fourth-order valence-corrected chi connectivity index (χ4v) is 4.59. The van der Waals surface area contributed by atoms with E-state index in [-0.39, 0.29) is 38.0 Å². The Bertz CT molecular complexity index is 993. The number of carbonyl (C=O) groups excluding carboxylic acids is 2. The number of carbonyl (C=O) groups is 2. The van der Waals surface area contributed by atoms with E-state index in [1.807, 2.05) is 9.44 Å². The van der Waals surface area contributed by atoms with Gasteiger partial charge in [0.25, 0.3) is 31.9 Å². The van der Waals surface area contributed by atoms with Crippen molar-refractivity contribution in [3.63, 3.8) is 0 Å². The minimum absolute atomic E-state index is 0. The van der Waals surface area contributed by atoms with Gasteiger partial charge in [-0.3, -0.25) is 9.59 Å². The van der Waals surface area contributed by atoms with Gasteiger partial charge in [0, 0.05) is 17.1 Å². The number of amides is 2. The minimum atomic E-state index is -3.55. The summed E-state index contributed by atoms with van der Waals surface area (Å²) in [5.41, 5.74) is 0.440. The fraction of sp³-hybridized carbons (Fsp3) is 0. The van der Waals surface area contributed by atoms with Crippen LogP contribution in [0.3, 0.4) is 0 Å². The molecule has 0 fully saturated rings. The van der Waals surface area contributed by atoms with Crippen LogP contribution in [0, 0.1) is 0 Å². The summed E-state index contributed by atoms with van der Waals surface area (Å²) in [4.78, 5) is 22.1. The van der Waals surface area contributed by atoms with Gasteiger partial charge in [0.05, 0.1) is 11.1 Å². The van der Waals surface area contributed by atoms with Gasteiger partial charge >= 0.3 is 0 Å². The van der Waals surface area contributed by atoms with Crippen molar-refractivity contribution >= 4 is 31.9 Å². The third kappa shape index (κ3) is 3.45. The molecule has 0 unspecified atom stereocenters. The summed E-state index contributed by atoms with van der Waals surface area (Å²) in [5, 5.41) is 0. The third-order valence-corrected chi connectivity index (χ3v) is 6.07. The van der Waals surface area contributed by atoms with E-state index >= 15 is 0 Å². The predicted molar refractivity (Wildman–Crippen MR) is 82.2 cm³/mol. The number of rotatable bonds is 0. The van der Waals surface area contributed by atoms with Crippen molar-refractivity contribution in [1.29, 1.82) is 0 Å². The van der Waals surface area contributed by atoms with Crippen molar-refractivity contribution in [2.45, 2.75) is 9.79 Å². The van der Waals surface area contributed by atoms with Crippen LogP contribution in [0.25, 0.3) is 0 Å². The summed E-state index contributed by atoms with van der Waals surface area (Å²) in [5.74, 6) is -1.10. The van der Waals surface area contributed by atoms with Crippen molar-refractivity contribution < 1.29 is 43.5 Å². The van der Waals surface area contributed by atoms with Crippen LogP contribution in [0.5, 0.6) is 0 Å². The van der Waals surface area contributed by atoms with Gasteiger partial charge in [-0.2, -0.15) is 0 Å². The first-order valence-corrected chi connectivity index (χ1v) is 9.51. The molecule has 25 heavy (non-hydrogen) atoms. The Balaban J connectivity index is 0.000000173. The average molecular weight is 421 g/mol. The molecule has 0 spiro atoms.